The molecule has 2 rings (SSSR count). The van der Waals surface area contributed by atoms with E-state index in [1.807, 2.05) is 49.3 Å². The predicted octanol–water partition coefficient (Wildman–Crippen LogP) is 3.10. The van der Waals surface area contributed by atoms with Crippen molar-refractivity contribution >= 4 is 12.0 Å². The van der Waals surface area contributed by atoms with Crippen molar-refractivity contribution in [3.8, 4) is 17.4 Å². The maximum Gasteiger partial charge on any atom is 0.219 e. The Bertz CT molecular complexity index is 563. The van der Waals surface area contributed by atoms with E-state index in [2.05, 4.69) is 9.98 Å². The van der Waals surface area contributed by atoms with Gasteiger partial charge in [-0.2, -0.15) is 0 Å². The number of aliphatic imine (C=N–C) groups is 1. The van der Waals surface area contributed by atoms with Crippen LogP contribution in [0, 0.1) is 0 Å². The molecule has 5 heteroatoms. The Morgan fingerprint density at radius 3 is 2.30 bits per heavy atom. The van der Waals surface area contributed by atoms with Crippen molar-refractivity contribution in [1.29, 1.82) is 0 Å². The van der Waals surface area contributed by atoms with E-state index >= 15 is 0 Å². The van der Waals surface area contributed by atoms with E-state index in [0.29, 0.717) is 11.6 Å². The van der Waals surface area contributed by atoms with Gasteiger partial charge in [-0.25, -0.2) is 9.98 Å². The number of aromatic nitrogens is 1. The zero-order valence-corrected chi connectivity index (χ0v) is 11.8. The summed E-state index contributed by atoms with van der Waals surface area (Å²) < 4.78 is 10.7. The highest BCUT2D eigenvalue weighted by Crippen LogP contribution is 2.23. The Labute approximate surface area is 118 Å². The zero-order chi connectivity index (χ0) is 14.4. The summed E-state index contributed by atoms with van der Waals surface area (Å²) in [5.74, 6) is 2.03. The second-order valence-corrected chi connectivity index (χ2v) is 4.34. The Morgan fingerprint density at radius 1 is 1.05 bits per heavy atom. The van der Waals surface area contributed by atoms with Crippen molar-refractivity contribution in [2.45, 2.75) is 0 Å². The average Bonchev–Trinajstić information content (AvgIpc) is 2.47. The molecule has 0 aliphatic heterocycles. The molecule has 1 aromatic carbocycles. The summed E-state index contributed by atoms with van der Waals surface area (Å²) in [4.78, 5) is 10.3. The largest absolute Gasteiger partial charge is 0.497 e. The van der Waals surface area contributed by atoms with E-state index in [9.17, 15) is 0 Å². The van der Waals surface area contributed by atoms with E-state index in [1.165, 1.54) is 0 Å². The van der Waals surface area contributed by atoms with E-state index < -0.39 is 0 Å². The van der Waals surface area contributed by atoms with Crippen molar-refractivity contribution in [1.82, 2.24) is 9.88 Å². The van der Waals surface area contributed by atoms with Gasteiger partial charge in [0.25, 0.3) is 0 Å². The summed E-state index contributed by atoms with van der Waals surface area (Å²) in [5, 5.41) is 0. The molecular formula is C15H17N3O2. The van der Waals surface area contributed by atoms with Crippen LogP contribution in [-0.4, -0.2) is 37.4 Å². The number of benzene rings is 1. The van der Waals surface area contributed by atoms with Crippen LogP contribution in [0.15, 0.2) is 47.6 Å². The molecule has 5 nitrogen and oxygen atoms in total. The molecule has 0 radical (unpaired) electrons. The smallest absolute Gasteiger partial charge is 0.219 e. The summed E-state index contributed by atoms with van der Waals surface area (Å²) >= 11 is 0. The summed E-state index contributed by atoms with van der Waals surface area (Å²) in [6.45, 7) is 0. The first-order valence-electron chi connectivity index (χ1n) is 6.16. The fraction of sp³-hybridized carbons (Fsp3) is 0.200. The van der Waals surface area contributed by atoms with Gasteiger partial charge in [-0.15, -0.1) is 0 Å². The number of hydrogen-bond acceptors (Lipinski definition) is 4. The zero-order valence-electron chi connectivity index (χ0n) is 11.8. The molecule has 0 bridgehead atoms. The summed E-state index contributed by atoms with van der Waals surface area (Å²) in [6, 6.07) is 11.0. The third-order valence-electron chi connectivity index (χ3n) is 2.44. The molecule has 0 amide bonds. The van der Waals surface area contributed by atoms with Crippen LogP contribution in [0.4, 0.5) is 5.69 Å². The minimum Gasteiger partial charge on any atom is -0.497 e. The van der Waals surface area contributed by atoms with Gasteiger partial charge < -0.3 is 14.4 Å². The predicted molar refractivity (Wildman–Crippen MR) is 79.1 cm³/mol. The lowest BCUT2D eigenvalue weighted by atomic mass is 10.3. The van der Waals surface area contributed by atoms with Gasteiger partial charge in [0.15, 0.2) is 0 Å². The number of ether oxygens (including phenoxy) is 2. The number of nitrogens with zero attached hydrogens (tertiary/aromatic N) is 3. The van der Waals surface area contributed by atoms with Crippen molar-refractivity contribution in [3.63, 3.8) is 0 Å². The van der Waals surface area contributed by atoms with Crippen LogP contribution < -0.4 is 9.47 Å². The van der Waals surface area contributed by atoms with Crippen molar-refractivity contribution in [2.24, 2.45) is 4.99 Å². The quantitative estimate of drug-likeness (QED) is 0.619. The van der Waals surface area contributed by atoms with Gasteiger partial charge in [-0.3, -0.25) is 0 Å². The summed E-state index contributed by atoms with van der Waals surface area (Å²) in [5.41, 5.74) is 0.779. The minimum absolute atomic E-state index is 0.527. The molecule has 1 heterocycles. The molecule has 0 N–H and O–H groups in total. The number of hydrogen-bond donors (Lipinski definition) is 0. The first kappa shape index (κ1) is 13.9. The maximum atomic E-state index is 5.63. The van der Waals surface area contributed by atoms with Crippen LogP contribution in [-0.2, 0) is 0 Å². The second kappa shape index (κ2) is 6.56. The van der Waals surface area contributed by atoms with Gasteiger partial charge >= 0.3 is 0 Å². The highest BCUT2D eigenvalue weighted by atomic mass is 16.5. The molecule has 0 aliphatic rings. The fourth-order valence-electron chi connectivity index (χ4n) is 1.46. The third-order valence-corrected chi connectivity index (χ3v) is 2.44. The Morgan fingerprint density at radius 2 is 1.75 bits per heavy atom. The van der Waals surface area contributed by atoms with E-state index in [-0.39, 0.29) is 0 Å². The molecule has 0 fully saturated rings. The van der Waals surface area contributed by atoms with Crippen LogP contribution in [0.3, 0.4) is 0 Å². The van der Waals surface area contributed by atoms with Crippen molar-refractivity contribution < 1.29 is 9.47 Å². The highest BCUT2D eigenvalue weighted by Gasteiger charge is 1.99. The Kier molecular flexibility index (Phi) is 4.55. The van der Waals surface area contributed by atoms with Gasteiger partial charge in [0, 0.05) is 20.2 Å². The Balaban J connectivity index is 2.02. The third kappa shape index (κ3) is 3.98. The van der Waals surface area contributed by atoms with E-state index in [1.54, 1.807) is 25.7 Å². The van der Waals surface area contributed by atoms with Crippen molar-refractivity contribution in [3.05, 3.63) is 42.6 Å². The fourth-order valence-corrected chi connectivity index (χ4v) is 1.46. The number of methoxy groups -OCH3 is 1. The molecule has 0 atom stereocenters. The van der Waals surface area contributed by atoms with Crippen LogP contribution in [0.2, 0.25) is 0 Å². The van der Waals surface area contributed by atoms with E-state index in [0.717, 1.165) is 11.4 Å². The lowest BCUT2D eigenvalue weighted by molar-refractivity contribution is 0.412. The lowest BCUT2D eigenvalue weighted by Gasteiger charge is -2.06. The van der Waals surface area contributed by atoms with Gasteiger partial charge in [0.2, 0.25) is 5.88 Å². The topological polar surface area (TPSA) is 47.0 Å². The molecule has 1 aromatic heterocycles. The lowest BCUT2D eigenvalue weighted by Crippen LogP contribution is -2.06. The Hall–Kier alpha value is -2.56. The van der Waals surface area contributed by atoms with Crippen LogP contribution in [0.1, 0.15) is 0 Å². The first-order chi connectivity index (χ1) is 9.67. The molecular weight excluding hydrogens is 254 g/mol. The van der Waals surface area contributed by atoms with Crippen LogP contribution in [0.25, 0.3) is 0 Å². The molecule has 2 aromatic rings. The van der Waals surface area contributed by atoms with Crippen LogP contribution in [0.5, 0.6) is 17.4 Å². The second-order valence-electron chi connectivity index (χ2n) is 4.34. The molecule has 104 valence electrons. The van der Waals surface area contributed by atoms with Crippen molar-refractivity contribution in [2.75, 3.05) is 21.2 Å². The molecule has 0 spiro atoms. The average molecular weight is 271 g/mol. The van der Waals surface area contributed by atoms with Gasteiger partial charge in [0.1, 0.15) is 11.5 Å². The van der Waals surface area contributed by atoms with Gasteiger partial charge in [-0.1, -0.05) is 0 Å². The standard InChI is InChI=1S/C15H17N3O2/c1-18(2)11-17-12-4-9-15(16-10-12)20-14-7-5-13(19-3)6-8-14/h4-11H,1-3H3/b17-11+. The maximum absolute atomic E-state index is 5.63. The molecule has 0 unspecified atom stereocenters. The van der Waals surface area contributed by atoms with Gasteiger partial charge in [-0.05, 0) is 30.3 Å². The monoisotopic (exact) mass is 271 g/mol. The number of rotatable bonds is 5. The minimum atomic E-state index is 0.527. The highest BCUT2D eigenvalue weighted by molar-refractivity contribution is 5.60. The molecule has 0 saturated carbocycles. The SMILES string of the molecule is COc1ccc(Oc2ccc(/N=C/N(C)C)cn2)cc1. The number of pyridine rings is 1. The summed E-state index contributed by atoms with van der Waals surface area (Å²) in [6.07, 6.45) is 3.39. The molecule has 0 aliphatic carbocycles. The van der Waals surface area contributed by atoms with E-state index in [4.69, 9.17) is 9.47 Å². The molecule has 20 heavy (non-hydrogen) atoms. The first-order valence-corrected chi connectivity index (χ1v) is 6.16. The normalized spacial score (nSPS) is 10.6. The molecule has 0 saturated heterocycles. The van der Waals surface area contributed by atoms with Crippen LogP contribution >= 0.6 is 0 Å². The summed E-state index contributed by atoms with van der Waals surface area (Å²) in [7, 11) is 5.46. The van der Waals surface area contributed by atoms with Gasteiger partial charge in [0.05, 0.1) is 25.3 Å².